The van der Waals surface area contributed by atoms with Crippen molar-refractivity contribution < 1.29 is 0 Å². The lowest BCUT2D eigenvalue weighted by Crippen LogP contribution is -2.29. The van der Waals surface area contributed by atoms with Gasteiger partial charge in [-0.05, 0) is 19.9 Å². The van der Waals surface area contributed by atoms with Crippen molar-refractivity contribution in [1.82, 2.24) is 14.5 Å². The van der Waals surface area contributed by atoms with Gasteiger partial charge >= 0.3 is 0 Å². The van der Waals surface area contributed by atoms with Crippen molar-refractivity contribution in [3.63, 3.8) is 0 Å². The number of likely N-dealkylation sites (tertiary alicyclic amines) is 1. The molecule has 0 amide bonds. The number of hydrogen-bond acceptors (Lipinski definition) is 3. The molecule has 2 heterocycles. The average Bonchev–Trinajstić information content (AvgIpc) is 2.72. The highest BCUT2D eigenvalue weighted by atomic mass is 15.2. The van der Waals surface area contributed by atoms with Crippen LogP contribution in [-0.4, -0.2) is 40.1 Å². The van der Waals surface area contributed by atoms with Gasteiger partial charge in [0.15, 0.2) is 0 Å². The fraction of sp³-hybridized carbons (Fsp3) is 0.700. The predicted octanol–water partition coefficient (Wildman–Crippen LogP) is 0.225. The van der Waals surface area contributed by atoms with Crippen LogP contribution in [0.5, 0.6) is 0 Å². The monoisotopic (exact) mass is 194 g/mol. The second kappa shape index (κ2) is 4.11. The number of hydrogen-bond donors (Lipinski definition) is 1. The Kier molecular flexibility index (Phi) is 2.84. The maximum absolute atomic E-state index is 5.84. The first-order chi connectivity index (χ1) is 6.75. The smallest absolute Gasteiger partial charge is 0.105 e. The highest BCUT2D eigenvalue weighted by Gasteiger charge is 2.18. The van der Waals surface area contributed by atoms with Crippen LogP contribution in [0.1, 0.15) is 12.2 Å². The molecule has 14 heavy (non-hydrogen) atoms. The molecule has 1 atom stereocenters. The van der Waals surface area contributed by atoms with E-state index >= 15 is 0 Å². The molecule has 2 rings (SSSR count). The first-order valence-electron chi connectivity index (χ1n) is 5.21. The zero-order valence-corrected chi connectivity index (χ0v) is 8.69. The Bertz CT molecular complexity index is 294. The lowest BCUT2D eigenvalue weighted by molar-refractivity contribution is 0.317. The molecule has 0 aromatic carbocycles. The summed E-state index contributed by atoms with van der Waals surface area (Å²) in [7, 11) is 0. The Hall–Kier alpha value is -0.870. The molecular weight excluding hydrogens is 176 g/mol. The number of rotatable bonds is 3. The van der Waals surface area contributed by atoms with Gasteiger partial charge < -0.3 is 10.3 Å². The van der Waals surface area contributed by atoms with Crippen molar-refractivity contribution in [2.75, 3.05) is 19.6 Å². The molecule has 4 heteroatoms. The molecule has 78 valence electrons. The van der Waals surface area contributed by atoms with Gasteiger partial charge in [-0.3, -0.25) is 4.90 Å². The molecule has 0 bridgehead atoms. The summed E-state index contributed by atoms with van der Waals surface area (Å²) in [5.74, 6) is 1.09. The number of nitrogens with two attached hydrogens (primary N) is 1. The predicted molar refractivity (Wildman–Crippen MR) is 56.0 cm³/mol. The molecule has 1 aliphatic heterocycles. The van der Waals surface area contributed by atoms with E-state index in [2.05, 4.69) is 14.5 Å². The van der Waals surface area contributed by atoms with Crippen LogP contribution in [-0.2, 0) is 6.54 Å². The third kappa shape index (κ3) is 2.13. The third-order valence-electron chi connectivity index (χ3n) is 2.89. The molecule has 1 aromatic rings. The summed E-state index contributed by atoms with van der Waals surface area (Å²) < 4.78 is 2.18. The summed E-state index contributed by atoms with van der Waals surface area (Å²) in [5.41, 5.74) is 5.84. The Morgan fingerprint density at radius 3 is 3.00 bits per heavy atom. The largest absolute Gasteiger partial charge is 0.334 e. The van der Waals surface area contributed by atoms with E-state index in [1.165, 1.54) is 0 Å². The topological polar surface area (TPSA) is 47.1 Å². The third-order valence-corrected chi connectivity index (χ3v) is 2.89. The van der Waals surface area contributed by atoms with E-state index < -0.39 is 0 Å². The van der Waals surface area contributed by atoms with Crippen molar-refractivity contribution in [3.05, 3.63) is 18.2 Å². The van der Waals surface area contributed by atoms with E-state index in [-0.39, 0.29) is 0 Å². The summed E-state index contributed by atoms with van der Waals surface area (Å²) in [6.45, 7) is 6.35. The fourth-order valence-corrected chi connectivity index (χ4v) is 1.95. The quantitative estimate of drug-likeness (QED) is 0.749. The number of imidazole rings is 1. The standard InChI is InChI=1S/C10H18N4/c1-9-12-3-5-14(9)7-6-13-4-2-10(11)8-13/h3,5,10H,2,4,6-8,11H2,1H3. The summed E-state index contributed by atoms with van der Waals surface area (Å²) >= 11 is 0. The SMILES string of the molecule is Cc1nccn1CCN1CCC(N)C1. The minimum absolute atomic E-state index is 0.388. The van der Waals surface area contributed by atoms with E-state index in [1.54, 1.807) is 0 Å². The Morgan fingerprint density at radius 1 is 1.57 bits per heavy atom. The van der Waals surface area contributed by atoms with Crippen LogP contribution in [0.4, 0.5) is 0 Å². The summed E-state index contributed by atoms with van der Waals surface area (Å²) in [6, 6.07) is 0.388. The van der Waals surface area contributed by atoms with Crippen LogP contribution in [0.2, 0.25) is 0 Å². The lowest BCUT2D eigenvalue weighted by atomic mass is 10.3. The maximum atomic E-state index is 5.84. The van der Waals surface area contributed by atoms with E-state index in [0.29, 0.717) is 6.04 Å². The van der Waals surface area contributed by atoms with Crippen molar-refractivity contribution in [2.24, 2.45) is 5.73 Å². The summed E-state index contributed by atoms with van der Waals surface area (Å²) in [4.78, 5) is 6.62. The van der Waals surface area contributed by atoms with Crippen molar-refractivity contribution in [3.8, 4) is 0 Å². The molecule has 1 aromatic heterocycles. The van der Waals surface area contributed by atoms with Gasteiger partial charge in [-0.2, -0.15) is 0 Å². The highest BCUT2D eigenvalue weighted by Crippen LogP contribution is 2.06. The van der Waals surface area contributed by atoms with Crippen molar-refractivity contribution in [2.45, 2.75) is 25.9 Å². The Morgan fingerprint density at radius 2 is 2.43 bits per heavy atom. The van der Waals surface area contributed by atoms with Gasteiger partial charge in [-0.25, -0.2) is 4.98 Å². The van der Waals surface area contributed by atoms with Crippen LogP contribution < -0.4 is 5.73 Å². The first kappa shape index (κ1) is 9.68. The van der Waals surface area contributed by atoms with E-state index in [9.17, 15) is 0 Å². The second-order valence-corrected chi connectivity index (χ2v) is 4.02. The molecule has 1 aliphatic rings. The van der Waals surface area contributed by atoms with Gasteiger partial charge in [-0.1, -0.05) is 0 Å². The van der Waals surface area contributed by atoms with Gasteiger partial charge in [0.05, 0.1) is 0 Å². The molecule has 4 nitrogen and oxygen atoms in total. The van der Waals surface area contributed by atoms with Crippen LogP contribution in [0, 0.1) is 6.92 Å². The molecular formula is C10H18N4. The van der Waals surface area contributed by atoms with Gasteiger partial charge in [-0.15, -0.1) is 0 Å². The molecule has 2 N–H and O–H groups in total. The summed E-state index contributed by atoms with van der Waals surface area (Å²) in [6.07, 6.45) is 5.03. The van der Waals surface area contributed by atoms with Crippen LogP contribution in [0.3, 0.4) is 0 Å². The van der Waals surface area contributed by atoms with E-state index in [4.69, 9.17) is 5.73 Å². The lowest BCUT2D eigenvalue weighted by Gasteiger charge is -2.15. The molecule has 1 unspecified atom stereocenters. The molecule has 1 fully saturated rings. The zero-order valence-electron chi connectivity index (χ0n) is 8.69. The highest BCUT2D eigenvalue weighted by molar-refractivity contribution is 4.89. The van der Waals surface area contributed by atoms with Gasteiger partial charge in [0, 0.05) is 38.1 Å². The molecule has 0 aliphatic carbocycles. The second-order valence-electron chi connectivity index (χ2n) is 4.02. The average molecular weight is 194 g/mol. The number of nitrogens with zero attached hydrogens (tertiary/aromatic N) is 3. The zero-order chi connectivity index (χ0) is 9.97. The van der Waals surface area contributed by atoms with Crippen molar-refractivity contribution in [1.29, 1.82) is 0 Å². The normalized spacial score (nSPS) is 23.1. The minimum Gasteiger partial charge on any atom is -0.334 e. The van der Waals surface area contributed by atoms with E-state index in [0.717, 1.165) is 38.4 Å². The van der Waals surface area contributed by atoms with E-state index in [1.807, 2.05) is 19.3 Å². The number of aryl methyl sites for hydroxylation is 1. The fourth-order valence-electron chi connectivity index (χ4n) is 1.95. The van der Waals surface area contributed by atoms with Crippen molar-refractivity contribution >= 4 is 0 Å². The molecule has 1 saturated heterocycles. The molecule has 0 spiro atoms. The Labute approximate surface area is 84.7 Å². The summed E-state index contributed by atoms with van der Waals surface area (Å²) in [5, 5.41) is 0. The Balaban J connectivity index is 1.80. The van der Waals surface area contributed by atoms with Gasteiger partial charge in [0.1, 0.15) is 5.82 Å². The first-order valence-corrected chi connectivity index (χ1v) is 5.21. The van der Waals surface area contributed by atoms with Gasteiger partial charge in [0.25, 0.3) is 0 Å². The van der Waals surface area contributed by atoms with Gasteiger partial charge in [0.2, 0.25) is 0 Å². The molecule has 0 radical (unpaired) electrons. The maximum Gasteiger partial charge on any atom is 0.105 e. The van der Waals surface area contributed by atoms with Crippen LogP contribution >= 0.6 is 0 Å². The van der Waals surface area contributed by atoms with Crippen LogP contribution in [0.15, 0.2) is 12.4 Å². The number of aromatic nitrogens is 2. The minimum atomic E-state index is 0.388. The molecule has 0 saturated carbocycles. The van der Waals surface area contributed by atoms with Crippen LogP contribution in [0.25, 0.3) is 0 Å².